The van der Waals surface area contributed by atoms with Crippen molar-refractivity contribution in [2.24, 2.45) is 0 Å². The van der Waals surface area contributed by atoms with Crippen LogP contribution in [0.3, 0.4) is 0 Å². The van der Waals surface area contributed by atoms with Crippen molar-refractivity contribution in [2.75, 3.05) is 153 Å². The minimum atomic E-state index is -0.993. The van der Waals surface area contributed by atoms with Crippen LogP contribution >= 0.6 is 0 Å². The molecule has 0 aliphatic heterocycles. The molecule has 0 aliphatic carbocycles. The summed E-state index contributed by atoms with van der Waals surface area (Å²) in [6, 6.07) is 0. The molecule has 0 heterocycles. The maximum atomic E-state index is 10.2. The molecule has 13 heteroatoms. The third kappa shape index (κ3) is 35.0. The van der Waals surface area contributed by atoms with Crippen molar-refractivity contribution in [3.63, 3.8) is 0 Å². The van der Waals surface area contributed by atoms with Gasteiger partial charge in [0.25, 0.3) is 0 Å². The summed E-state index contributed by atoms with van der Waals surface area (Å²) in [6.07, 6.45) is 0. The molecule has 0 bridgehead atoms. The maximum Gasteiger partial charge on any atom is 0.329 e. The highest BCUT2D eigenvalue weighted by molar-refractivity contribution is 5.67. The summed E-state index contributed by atoms with van der Waals surface area (Å²) >= 11 is 0. The van der Waals surface area contributed by atoms with Gasteiger partial charge in [-0.1, -0.05) is 0 Å². The Kier molecular flexibility index (Phi) is 30.4. The lowest BCUT2D eigenvalue weighted by Gasteiger charge is -2.10. The molecule has 0 rings (SSSR count). The first-order chi connectivity index (χ1) is 18.1. The Balaban J connectivity index is 3.03. The molecule has 0 aliphatic rings. The Morgan fingerprint density at radius 2 is 0.649 bits per heavy atom. The lowest BCUT2D eigenvalue weighted by atomic mass is 10.6. The van der Waals surface area contributed by atoms with Crippen LogP contribution in [0.1, 0.15) is 0 Å². The first-order valence-corrected chi connectivity index (χ1v) is 12.8. The Morgan fingerprint density at radius 3 is 0.865 bits per heavy atom. The second-order valence-corrected chi connectivity index (χ2v) is 7.76. The average molecular weight is 544 g/mol. The highest BCUT2D eigenvalue weighted by Gasteiger charge is 1.97. The number of aliphatic carboxylic acids is 1. The lowest BCUT2D eigenvalue weighted by Crippen LogP contribution is -2.19. The van der Waals surface area contributed by atoms with E-state index in [9.17, 15) is 4.79 Å². The van der Waals surface area contributed by atoms with Crippen LogP contribution in [0.5, 0.6) is 0 Å². The fourth-order valence-corrected chi connectivity index (χ4v) is 2.39. The summed E-state index contributed by atoms with van der Waals surface area (Å²) in [7, 11) is 4.03. The molecule has 0 radical (unpaired) electrons. The summed E-state index contributed by atoms with van der Waals surface area (Å²) in [6.45, 7) is 9.98. The van der Waals surface area contributed by atoms with Crippen molar-refractivity contribution in [3.05, 3.63) is 0 Å². The molecule has 0 spiro atoms. The van der Waals surface area contributed by atoms with E-state index in [1.807, 2.05) is 14.1 Å². The number of nitrogens with zero attached hydrogens (tertiary/aromatic N) is 1. The van der Waals surface area contributed by atoms with Crippen molar-refractivity contribution in [3.8, 4) is 0 Å². The van der Waals surface area contributed by atoms with Crippen LogP contribution in [0.2, 0.25) is 0 Å². The number of hydrogen-bond donors (Lipinski definition) is 1. The van der Waals surface area contributed by atoms with E-state index in [4.69, 9.17) is 52.5 Å². The normalized spacial score (nSPS) is 11.5. The molecule has 0 unspecified atom stereocenters. The van der Waals surface area contributed by atoms with Crippen LogP contribution in [0.25, 0.3) is 0 Å². The number of likely N-dealkylation sites (N-methyl/N-ethyl adjacent to an activating group) is 1. The van der Waals surface area contributed by atoms with Gasteiger partial charge < -0.3 is 57.4 Å². The summed E-state index contributed by atoms with van der Waals surface area (Å²) in [5.74, 6) is -0.993. The van der Waals surface area contributed by atoms with E-state index < -0.39 is 5.97 Å². The van der Waals surface area contributed by atoms with Gasteiger partial charge in [-0.15, -0.1) is 0 Å². The Labute approximate surface area is 221 Å². The zero-order valence-corrected chi connectivity index (χ0v) is 22.7. The molecule has 0 fully saturated rings. The quantitative estimate of drug-likeness (QED) is 0.112. The molecular formula is C24H49NO12. The zero-order chi connectivity index (χ0) is 27.1. The van der Waals surface area contributed by atoms with Gasteiger partial charge in [-0.3, -0.25) is 0 Å². The maximum absolute atomic E-state index is 10.2. The molecule has 0 atom stereocenters. The van der Waals surface area contributed by atoms with Gasteiger partial charge in [0, 0.05) is 6.54 Å². The monoisotopic (exact) mass is 543 g/mol. The van der Waals surface area contributed by atoms with E-state index in [-0.39, 0.29) is 13.2 Å². The summed E-state index contributed by atoms with van der Waals surface area (Å²) in [5, 5.41) is 8.40. The molecule has 222 valence electrons. The van der Waals surface area contributed by atoms with Crippen LogP contribution in [-0.4, -0.2) is 169 Å². The fraction of sp³-hybridized carbons (Fsp3) is 0.958. The van der Waals surface area contributed by atoms with Crippen molar-refractivity contribution >= 4 is 5.97 Å². The second-order valence-electron chi connectivity index (χ2n) is 7.76. The number of rotatable bonds is 32. The van der Waals surface area contributed by atoms with Crippen LogP contribution in [0.15, 0.2) is 0 Å². The van der Waals surface area contributed by atoms with Crippen LogP contribution in [-0.2, 0) is 52.2 Å². The molecule has 0 saturated carbocycles. The Hall–Kier alpha value is -0.970. The van der Waals surface area contributed by atoms with E-state index >= 15 is 0 Å². The molecule has 0 saturated heterocycles. The third-order valence-electron chi connectivity index (χ3n) is 4.26. The van der Waals surface area contributed by atoms with Crippen molar-refractivity contribution in [2.45, 2.75) is 0 Å². The predicted octanol–water partition coefficient (Wildman–Crippen LogP) is -0.201. The summed E-state index contributed by atoms with van der Waals surface area (Å²) < 4.78 is 53.4. The van der Waals surface area contributed by atoms with E-state index in [1.54, 1.807) is 0 Å². The van der Waals surface area contributed by atoms with Crippen molar-refractivity contribution < 1.29 is 57.3 Å². The first kappa shape index (κ1) is 36.0. The van der Waals surface area contributed by atoms with Gasteiger partial charge in [0.15, 0.2) is 0 Å². The SMILES string of the molecule is CN(C)CCOCCOCCOCCOCCOCCOCCOCCOCCOCCOCC(=O)O. The second kappa shape index (κ2) is 31.2. The van der Waals surface area contributed by atoms with E-state index in [0.29, 0.717) is 119 Å². The highest BCUT2D eigenvalue weighted by Crippen LogP contribution is 1.87. The zero-order valence-electron chi connectivity index (χ0n) is 22.7. The molecule has 0 amide bonds. The molecule has 1 N–H and O–H groups in total. The summed E-state index contributed by atoms with van der Waals surface area (Å²) in [5.41, 5.74) is 0. The Bertz CT molecular complexity index is 459. The standard InChI is InChI=1S/C24H49NO12/c1-25(2)3-4-28-5-6-29-7-8-30-9-10-31-11-12-32-13-14-33-15-16-34-17-18-35-19-20-36-21-22-37-23-24(26)27/h3-23H2,1-2H3,(H,26,27). The molecule has 0 aromatic rings. The van der Waals surface area contributed by atoms with Crippen LogP contribution in [0.4, 0.5) is 0 Å². The number of ether oxygens (including phenoxy) is 10. The average Bonchev–Trinajstić information content (AvgIpc) is 2.87. The van der Waals surface area contributed by atoms with Gasteiger partial charge in [0.2, 0.25) is 0 Å². The lowest BCUT2D eigenvalue weighted by molar-refractivity contribution is -0.142. The van der Waals surface area contributed by atoms with E-state index in [1.165, 1.54) is 0 Å². The van der Waals surface area contributed by atoms with E-state index in [0.717, 1.165) is 6.54 Å². The molecule has 37 heavy (non-hydrogen) atoms. The topological polar surface area (TPSA) is 133 Å². The third-order valence-corrected chi connectivity index (χ3v) is 4.26. The van der Waals surface area contributed by atoms with Gasteiger partial charge in [-0.25, -0.2) is 4.79 Å². The van der Waals surface area contributed by atoms with Gasteiger partial charge in [0.1, 0.15) is 6.61 Å². The van der Waals surface area contributed by atoms with Gasteiger partial charge in [-0.2, -0.15) is 0 Å². The van der Waals surface area contributed by atoms with Crippen molar-refractivity contribution in [1.82, 2.24) is 4.90 Å². The molecule has 13 nitrogen and oxygen atoms in total. The van der Waals surface area contributed by atoms with E-state index in [2.05, 4.69) is 4.90 Å². The van der Waals surface area contributed by atoms with Crippen molar-refractivity contribution in [1.29, 1.82) is 0 Å². The minimum Gasteiger partial charge on any atom is -0.480 e. The molecular weight excluding hydrogens is 494 g/mol. The number of carbonyl (C=O) groups is 1. The molecule has 0 aromatic carbocycles. The minimum absolute atomic E-state index is 0.246. The predicted molar refractivity (Wildman–Crippen MR) is 134 cm³/mol. The number of carboxylic acids is 1. The fourth-order valence-electron chi connectivity index (χ4n) is 2.39. The van der Waals surface area contributed by atoms with Crippen LogP contribution < -0.4 is 0 Å². The highest BCUT2D eigenvalue weighted by atomic mass is 16.6. The number of carboxylic acid groups (broad SMARTS) is 1. The van der Waals surface area contributed by atoms with Gasteiger partial charge >= 0.3 is 5.97 Å². The molecule has 0 aromatic heterocycles. The van der Waals surface area contributed by atoms with Gasteiger partial charge in [-0.05, 0) is 14.1 Å². The first-order valence-electron chi connectivity index (χ1n) is 12.8. The van der Waals surface area contributed by atoms with Gasteiger partial charge in [0.05, 0.1) is 126 Å². The number of hydrogen-bond acceptors (Lipinski definition) is 12. The largest absolute Gasteiger partial charge is 0.480 e. The van der Waals surface area contributed by atoms with Crippen LogP contribution in [0, 0.1) is 0 Å². The summed E-state index contributed by atoms with van der Waals surface area (Å²) in [4.78, 5) is 12.3. The Morgan fingerprint density at radius 1 is 0.432 bits per heavy atom. The smallest absolute Gasteiger partial charge is 0.329 e.